The standard InChI is InChI=1S/C49H33NO2/c1-49(2)43-16-8-5-12-35(43)40-27-32(23-25-44(40)49)50(33-24-26-47-41(28-33)36-13-6-9-17-45(36)51-47)31-21-19-30(20-22-31)39-29-42-37-14-7-10-18-46(37)52-48(42)38-15-4-3-11-34(38)39/h3-29H,1-2H3. The predicted octanol–water partition coefficient (Wildman–Crippen LogP) is 14.1. The highest BCUT2D eigenvalue weighted by atomic mass is 16.3. The third-order valence-electron chi connectivity index (χ3n) is 11.3. The first-order valence-corrected chi connectivity index (χ1v) is 17.9. The zero-order valence-corrected chi connectivity index (χ0v) is 28.9. The quantitative estimate of drug-likeness (QED) is 0.187. The number of rotatable bonds is 4. The van der Waals surface area contributed by atoms with Crippen molar-refractivity contribution < 1.29 is 8.83 Å². The molecule has 3 nitrogen and oxygen atoms in total. The third kappa shape index (κ3) is 4.14. The Morgan fingerprint density at radius 1 is 0.385 bits per heavy atom. The number of nitrogens with zero attached hydrogens (tertiary/aromatic N) is 1. The Hall–Kier alpha value is -6.58. The molecule has 0 fully saturated rings. The maximum atomic E-state index is 6.41. The van der Waals surface area contributed by atoms with Gasteiger partial charge >= 0.3 is 0 Å². The van der Waals surface area contributed by atoms with Crippen LogP contribution in [0, 0.1) is 0 Å². The van der Waals surface area contributed by atoms with Gasteiger partial charge < -0.3 is 13.7 Å². The summed E-state index contributed by atoms with van der Waals surface area (Å²) in [7, 11) is 0. The largest absolute Gasteiger partial charge is 0.456 e. The van der Waals surface area contributed by atoms with E-state index in [1.807, 2.05) is 18.2 Å². The molecule has 2 aromatic heterocycles. The lowest BCUT2D eigenvalue weighted by Gasteiger charge is -2.27. The minimum Gasteiger partial charge on any atom is -0.456 e. The van der Waals surface area contributed by atoms with Gasteiger partial charge in [0.15, 0.2) is 0 Å². The van der Waals surface area contributed by atoms with Gasteiger partial charge in [-0.2, -0.15) is 0 Å². The average Bonchev–Trinajstić information content (AvgIpc) is 3.83. The van der Waals surface area contributed by atoms with Crippen LogP contribution in [0.15, 0.2) is 173 Å². The zero-order valence-electron chi connectivity index (χ0n) is 28.9. The average molecular weight is 668 g/mol. The van der Waals surface area contributed by atoms with Crippen LogP contribution < -0.4 is 4.90 Å². The van der Waals surface area contributed by atoms with Crippen LogP contribution in [-0.4, -0.2) is 0 Å². The summed E-state index contributed by atoms with van der Waals surface area (Å²) in [6, 6.07) is 58.9. The molecular formula is C49H33NO2. The van der Waals surface area contributed by atoms with Gasteiger partial charge in [-0.15, -0.1) is 0 Å². The molecule has 0 aliphatic heterocycles. The molecule has 11 rings (SSSR count). The van der Waals surface area contributed by atoms with Crippen LogP contribution in [0.1, 0.15) is 25.0 Å². The van der Waals surface area contributed by atoms with Crippen molar-refractivity contribution in [3.63, 3.8) is 0 Å². The lowest BCUT2D eigenvalue weighted by Crippen LogP contribution is -2.15. The SMILES string of the molecule is CC1(C)c2ccccc2-c2cc(N(c3ccc(-c4cc5c6ccccc6oc5c5ccccc45)cc3)c3ccc4oc5ccccc5c4c3)ccc21. The van der Waals surface area contributed by atoms with Gasteiger partial charge in [0.1, 0.15) is 22.3 Å². The molecule has 0 bridgehead atoms. The second kappa shape index (κ2) is 10.7. The maximum absolute atomic E-state index is 6.41. The van der Waals surface area contributed by atoms with E-state index < -0.39 is 0 Å². The van der Waals surface area contributed by atoms with E-state index in [1.54, 1.807) is 0 Å². The Morgan fingerprint density at radius 2 is 0.962 bits per heavy atom. The maximum Gasteiger partial charge on any atom is 0.143 e. The predicted molar refractivity (Wildman–Crippen MR) is 216 cm³/mol. The fourth-order valence-electron chi connectivity index (χ4n) is 8.72. The van der Waals surface area contributed by atoms with Crippen molar-refractivity contribution in [3.8, 4) is 22.3 Å². The normalized spacial score (nSPS) is 13.3. The monoisotopic (exact) mass is 667 g/mol. The van der Waals surface area contributed by atoms with Gasteiger partial charge in [-0.3, -0.25) is 0 Å². The van der Waals surface area contributed by atoms with Gasteiger partial charge in [-0.05, 0) is 99.4 Å². The first kappa shape index (κ1) is 29.2. The molecule has 0 saturated heterocycles. The number of para-hydroxylation sites is 2. The van der Waals surface area contributed by atoms with Crippen LogP contribution in [0.25, 0.3) is 76.9 Å². The topological polar surface area (TPSA) is 29.5 Å². The van der Waals surface area contributed by atoms with Crippen molar-refractivity contribution in [3.05, 3.63) is 175 Å². The number of anilines is 3. The molecule has 2 heterocycles. The molecule has 0 amide bonds. The third-order valence-corrected chi connectivity index (χ3v) is 11.3. The zero-order chi connectivity index (χ0) is 34.6. The lowest BCUT2D eigenvalue weighted by atomic mass is 9.82. The van der Waals surface area contributed by atoms with Crippen LogP contribution in [-0.2, 0) is 5.41 Å². The minimum atomic E-state index is -0.0598. The summed E-state index contributed by atoms with van der Waals surface area (Å²) in [5, 5.41) is 6.80. The number of hydrogen-bond acceptors (Lipinski definition) is 3. The van der Waals surface area contributed by atoms with Crippen molar-refractivity contribution in [1.29, 1.82) is 0 Å². The molecule has 0 radical (unpaired) electrons. The van der Waals surface area contributed by atoms with E-state index >= 15 is 0 Å². The fourth-order valence-corrected chi connectivity index (χ4v) is 8.72. The van der Waals surface area contributed by atoms with E-state index in [2.05, 4.69) is 164 Å². The first-order chi connectivity index (χ1) is 25.5. The molecule has 0 N–H and O–H groups in total. The summed E-state index contributed by atoms with van der Waals surface area (Å²) in [6.07, 6.45) is 0. The molecular weight excluding hydrogens is 635 g/mol. The molecule has 1 aliphatic rings. The Labute approximate surface area is 301 Å². The van der Waals surface area contributed by atoms with Gasteiger partial charge in [-0.1, -0.05) is 117 Å². The highest BCUT2D eigenvalue weighted by molar-refractivity contribution is 6.19. The molecule has 0 atom stereocenters. The van der Waals surface area contributed by atoms with Crippen LogP contribution in [0.3, 0.4) is 0 Å². The summed E-state index contributed by atoms with van der Waals surface area (Å²) in [4.78, 5) is 2.38. The van der Waals surface area contributed by atoms with E-state index in [0.717, 1.165) is 71.9 Å². The van der Waals surface area contributed by atoms with Gasteiger partial charge in [0, 0.05) is 49.4 Å². The second-order valence-electron chi connectivity index (χ2n) is 14.5. The molecule has 246 valence electrons. The molecule has 8 aromatic carbocycles. The smallest absolute Gasteiger partial charge is 0.143 e. The van der Waals surface area contributed by atoms with E-state index in [-0.39, 0.29) is 5.41 Å². The minimum absolute atomic E-state index is 0.0598. The summed E-state index contributed by atoms with van der Waals surface area (Å²) in [5.41, 5.74) is 14.5. The Bertz CT molecular complexity index is 3050. The second-order valence-corrected chi connectivity index (χ2v) is 14.5. The molecule has 3 heteroatoms. The molecule has 0 unspecified atom stereocenters. The summed E-state index contributed by atoms with van der Waals surface area (Å²) in [5.74, 6) is 0. The number of furan rings is 2. The lowest BCUT2D eigenvalue weighted by molar-refractivity contribution is 0.660. The van der Waals surface area contributed by atoms with Crippen molar-refractivity contribution in [2.24, 2.45) is 0 Å². The molecule has 1 aliphatic carbocycles. The van der Waals surface area contributed by atoms with Crippen molar-refractivity contribution in [2.45, 2.75) is 19.3 Å². The van der Waals surface area contributed by atoms with Crippen LogP contribution in [0.5, 0.6) is 0 Å². The van der Waals surface area contributed by atoms with Gasteiger partial charge in [0.05, 0.1) is 0 Å². The molecule has 10 aromatic rings. The highest BCUT2D eigenvalue weighted by Crippen LogP contribution is 2.51. The van der Waals surface area contributed by atoms with E-state index in [1.165, 1.54) is 33.2 Å². The highest BCUT2D eigenvalue weighted by Gasteiger charge is 2.35. The van der Waals surface area contributed by atoms with Crippen LogP contribution in [0.2, 0.25) is 0 Å². The van der Waals surface area contributed by atoms with Gasteiger partial charge in [0.25, 0.3) is 0 Å². The van der Waals surface area contributed by atoms with Crippen molar-refractivity contribution in [1.82, 2.24) is 0 Å². The first-order valence-electron chi connectivity index (χ1n) is 17.9. The van der Waals surface area contributed by atoms with Crippen molar-refractivity contribution in [2.75, 3.05) is 4.90 Å². The Balaban J connectivity index is 1.10. The van der Waals surface area contributed by atoms with Crippen molar-refractivity contribution >= 4 is 71.7 Å². The van der Waals surface area contributed by atoms with Gasteiger partial charge in [0.2, 0.25) is 0 Å². The molecule has 52 heavy (non-hydrogen) atoms. The summed E-state index contributed by atoms with van der Waals surface area (Å²) >= 11 is 0. The fraction of sp³-hybridized carbons (Fsp3) is 0.0612. The number of fused-ring (bicyclic) bond motifs is 11. The van der Waals surface area contributed by atoms with Gasteiger partial charge in [-0.25, -0.2) is 0 Å². The molecule has 0 saturated carbocycles. The van der Waals surface area contributed by atoms with E-state index in [9.17, 15) is 0 Å². The summed E-state index contributed by atoms with van der Waals surface area (Å²) in [6.45, 7) is 4.67. The summed E-state index contributed by atoms with van der Waals surface area (Å²) < 4.78 is 12.7. The Morgan fingerprint density at radius 3 is 1.77 bits per heavy atom. The molecule has 0 spiro atoms. The van der Waals surface area contributed by atoms with E-state index in [0.29, 0.717) is 0 Å². The number of benzene rings is 8. The Kier molecular flexibility index (Phi) is 6.01. The van der Waals surface area contributed by atoms with Crippen LogP contribution in [0.4, 0.5) is 17.1 Å². The van der Waals surface area contributed by atoms with Crippen LogP contribution >= 0.6 is 0 Å². The van der Waals surface area contributed by atoms with E-state index in [4.69, 9.17) is 8.83 Å². The number of hydrogen-bond donors (Lipinski definition) is 0.